The van der Waals surface area contributed by atoms with Crippen LogP contribution in [0.25, 0.3) is 0 Å². The van der Waals surface area contributed by atoms with Gasteiger partial charge in [-0.25, -0.2) is 0 Å². The van der Waals surface area contributed by atoms with Crippen LogP contribution in [0.1, 0.15) is 46.5 Å². The van der Waals surface area contributed by atoms with Crippen LogP contribution in [0.3, 0.4) is 0 Å². The lowest BCUT2D eigenvalue weighted by Crippen LogP contribution is -2.71. The van der Waals surface area contributed by atoms with E-state index in [9.17, 15) is 25.2 Å². The van der Waals surface area contributed by atoms with Crippen LogP contribution in [0, 0.1) is 34.0 Å². The van der Waals surface area contributed by atoms with Crippen molar-refractivity contribution in [1.29, 1.82) is 0 Å². The van der Waals surface area contributed by atoms with Crippen LogP contribution < -0.4 is 0 Å². The molecule has 4 aliphatic carbocycles. The van der Waals surface area contributed by atoms with Crippen molar-refractivity contribution in [1.82, 2.24) is 0 Å². The zero-order valence-corrected chi connectivity index (χ0v) is 15.3. The van der Waals surface area contributed by atoms with Crippen LogP contribution in [0.15, 0.2) is 12.2 Å². The first-order valence-corrected chi connectivity index (χ1v) is 9.46. The Balaban J connectivity index is 1.93. The van der Waals surface area contributed by atoms with Gasteiger partial charge in [-0.1, -0.05) is 27.4 Å². The minimum Gasteiger partial charge on any atom is -0.393 e. The summed E-state index contributed by atoms with van der Waals surface area (Å²) in [5, 5.41) is 43.8. The van der Waals surface area contributed by atoms with Crippen LogP contribution in [0.2, 0.25) is 0 Å². The van der Waals surface area contributed by atoms with Crippen LogP contribution >= 0.6 is 0 Å². The molecule has 140 valence electrons. The van der Waals surface area contributed by atoms with Crippen molar-refractivity contribution in [3.05, 3.63) is 12.2 Å². The number of carbonyl (C=O) groups is 1. The molecule has 0 aromatic carbocycles. The molecule has 0 aromatic rings. The van der Waals surface area contributed by atoms with E-state index >= 15 is 0 Å². The van der Waals surface area contributed by atoms with Gasteiger partial charge in [-0.15, -0.1) is 0 Å². The number of hydrogen-bond acceptors (Lipinski definition) is 5. The van der Waals surface area contributed by atoms with Crippen molar-refractivity contribution in [3.8, 4) is 0 Å². The van der Waals surface area contributed by atoms with Crippen molar-refractivity contribution in [2.24, 2.45) is 34.0 Å². The Bertz CT molecular complexity index is 642. The molecule has 9 atom stereocenters. The van der Waals surface area contributed by atoms with E-state index in [4.69, 9.17) is 0 Å². The maximum absolute atomic E-state index is 13.2. The number of ketones is 1. The molecular formula is C20H30O5. The minimum absolute atomic E-state index is 0.0204. The number of fused-ring (bicyclic) bond motifs is 3. The summed E-state index contributed by atoms with van der Waals surface area (Å²) in [4.78, 5) is 13.2. The maximum atomic E-state index is 13.2. The summed E-state index contributed by atoms with van der Waals surface area (Å²) >= 11 is 0. The van der Waals surface area contributed by atoms with E-state index < -0.39 is 47.1 Å². The highest BCUT2D eigenvalue weighted by Crippen LogP contribution is 2.70. The first kappa shape index (κ1) is 17.7. The Labute approximate surface area is 148 Å². The quantitative estimate of drug-likeness (QED) is 0.489. The summed E-state index contributed by atoms with van der Waals surface area (Å²) in [7, 11) is 0. The second-order valence-corrected chi connectivity index (χ2v) is 9.83. The molecule has 4 saturated carbocycles. The molecule has 0 saturated heterocycles. The second kappa shape index (κ2) is 4.94. The molecule has 25 heavy (non-hydrogen) atoms. The van der Waals surface area contributed by atoms with E-state index in [0.717, 1.165) is 6.42 Å². The van der Waals surface area contributed by atoms with Gasteiger partial charge in [0.05, 0.1) is 29.8 Å². The lowest BCUT2D eigenvalue weighted by Gasteiger charge is -2.66. The highest BCUT2D eigenvalue weighted by Gasteiger charge is 2.76. The topological polar surface area (TPSA) is 98.0 Å². The van der Waals surface area contributed by atoms with Gasteiger partial charge in [-0.2, -0.15) is 0 Å². The fourth-order valence-electron chi connectivity index (χ4n) is 7.33. The molecular weight excluding hydrogens is 320 g/mol. The molecule has 0 amide bonds. The first-order valence-electron chi connectivity index (χ1n) is 9.46. The van der Waals surface area contributed by atoms with Gasteiger partial charge in [0.25, 0.3) is 0 Å². The molecule has 0 unspecified atom stereocenters. The smallest absolute Gasteiger partial charge is 0.170 e. The van der Waals surface area contributed by atoms with Gasteiger partial charge in [-0.3, -0.25) is 4.79 Å². The summed E-state index contributed by atoms with van der Waals surface area (Å²) in [6.07, 6.45) is -1.41. The molecule has 0 aliphatic heterocycles. The summed E-state index contributed by atoms with van der Waals surface area (Å²) < 4.78 is 0. The monoisotopic (exact) mass is 350 g/mol. The maximum Gasteiger partial charge on any atom is 0.170 e. The summed E-state index contributed by atoms with van der Waals surface area (Å²) in [6.45, 7) is 10.1. The van der Waals surface area contributed by atoms with E-state index in [1.54, 1.807) is 0 Å². The standard InChI is InChI=1S/C20H30O5/c1-9-15-10(21)7-12-19(4)11(18(2,3)6-5-13(19)22)8-14(23)20(12,16(9)24)17(15)25/h10-15,17,21-23,25H,1,5-8H2,2-4H3/t10-,11+,12-,13-,14+,15+,17-,19+,20-/m0/s1. The molecule has 5 nitrogen and oxygen atoms in total. The number of Topliss-reactive ketones (excluding diaryl/α,β-unsaturated/α-hetero) is 1. The van der Waals surface area contributed by atoms with Crippen molar-refractivity contribution in [3.63, 3.8) is 0 Å². The van der Waals surface area contributed by atoms with Gasteiger partial charge in [0, 0.05) is 11.3 Å². The predicted octanol–water partition coefficient (Wildman–Crippen LogP) is 1.04. The number of aliphatic hydroxyl groups excluding tert-OH is 4. The van der Waals surface area contributed by atoms with E-state index in [-0.39, 0.29) is 22.7 Å². The minimum atomic E-state index is -1.33. The van der Waals surface area contributed by atoms with Gasteiger partial charge >= 0.3 is 0 Å². The Morgan fingerprint density at radius 1 is 1.00 bits per heavy atom. The fourth-order valence-corrected chi connectivity index (χ4v) is 7.33. The summed E-state index contributed by atoms with van der Waals surface area (Å²) in [5.41, 5.74) is -1.82. The second-order valence-electron chi connectivity index (χ2n) is 9.83. The van der Waals surface area contributed by atoms with Gasteiger partial charge in [0.1, 0.15) is 0 Å². The molecule has 0 aromatic heterocycles. The molecule has 0 radical (unpaired) electrons. The number of rotatable bonds is 0. The predicted molar refractivity (Wildman–Crippen MR) is 91.4 cm³/mol. The number of aliphatic hydroxyl groups is 4. The SMILES string of the molecule is C=C1C(=O)[C@@]23[C@H](O)C[C@@H]4C(C)(C)CC[C@H](O)[C@@]4(C)[C@@H]2C[C@H](O)[C@@H]1[C@@H]3O. The molecule has 4 rings (SSSR count). The average molecular weight is 350 g/mol. The first-order chi connectivity index (χ1) is 11.5. The Hall–Kier alpha value is -0.750. The third-order valence-electron chi connectivity index (χ3n) is 8.62. The molecule has 4 aliphatic rings. The van der Waals surface area contributed by atoms with Crippen LogP contribution in [0.4, 0.5) is 0 Å². The van der Waals surface area contributed by atoms with Crippen LogP contribution in [0.5, 0.6) is 0 Å². The molecule has 4 N–H and O–H groups in total. The van der Waals surface area contributed by atoms with Crippen molar-refractivity contribution >= 4 is 5.78 Å². The van der Waals surface area contributed by atoms with Crippen LogP contribution in [-0.2, 0) is 4.79 Å². The molecule has 2 bridgehead atoms. The van der Waals surface area contributed by atoms with Crippen molar-refractivity contribution in [2.45, 2.75) is 70.9 Å². The zero-order valence-electron chi connectivity index (χ0n) is 15.3. The number of carbonyl (C=O) groups excluding carboxylic acids is 1. The summed E-state index contributed by atoms with van der Waals surface area (Å²) in [6, 6.07) is 0. The van der Waals surface area contributed by atoms with E-state index in [1.807, 2.05) is 6.92 Å². The van der Waals surface area contributed by atoms with Crippen LogP contribution in [-0.4, -0.2) is 50.6 Å². The van der Waals surface area contributed by atoms with E-state index in [2.05, 4.69) is 20.4 Å². The third kappa shape index (κ3) is 1.76. The van der Waals surface area contributed by atoms with Gasteiger partial charge in [0.15, 0.2) is 5.78 Å². The van der Waals surface area contributed by atoms with Crippen molar-refractivity contribution < 1.29 is 25.2 Å². The largest absolute Gasteiger partial charge is 0.393 e. The van der Waals surface area contributed by atoms with Gasteiger partial charge in [-0.05, 0) is 48.5 Å². The van der Waals surface area contributed by atoms with Gasteiger partial charge < -0.3 is 20.4 Å². The Morgan fingerprint density at radius 3 is 2.28 bits per heavy atom. The number of hydrogen-bond donors (Lipinski definition) is 4. The lowest BCUT2D eigenvalue weighted by molar-refractivity contribution is -0.261. The highest BCUT2D eigenvalue weighted by molar-refractivity contribution is 6.04. The average Bonchev–Trinajstić information content (AvgIpc) is 2.66. The molecule has 4 fully saturated rings. The highest BCUT2D eigenvalue weighted by atomic mass is 16.3. The van der Waals surface area contributed by atoms with E-state index in [0.29, 0.717) is 19.3 Å². The third-order valence-corrected chi connectivity index (χ3v) is 8.62. The zero-order chi connectivity index (χ0) is 18.5. The van der Waals surface area contributed by atoms with E-state index in [1.165, 1.54) is 0 Å². The van der Waals surface area contributed by atoms with Gasteiger partial charge in [0.2, 0.25) is 0 Å². The summed E-state index contributed by atoms with van der Waals surface area (Å²) in [5.74, 6) is -1.45. The van der Waals surface area contributed by atoms with Crippen molar-refractivity contribution in [2.75, 3.05) is 0 Å². The lowest BCUT2D eigenvalue weighted by atomic mass is 9.39. The normalized spacial score (nSPS) is 57.2. The molecule has 1 spiro atoms. The fraction of sp³-hybridized carbons (Fsp3) is 0.850. The molecule has 0 heterocycles. The molecule has 5 heteroatoms. The Morgan fingerprint density at radius 2 is 1.64 bits per heavy atom. The Kier molecular flexibility index (Phi) is 3.49.